The van der Waals surface area contributed by atoms with Crippen LogP contribution in [-0.2, 0) is 14.3 Å². The Morgan fingerprint density at radius 1 is 1.50 bits per heavy atom. The Labute approximate surface area is 128 Å². The lowest BCUT2D eigenvalue weighted by Crippen LogP contribution is -2.38. The fourth-order valence-corrected chi connectivity index (χ4v) is 2.64. The number of esters is 1. The van der Waals surface area contributed by atoms with E-state index in [1.54, 1.807) is 20.8 Å². The third-order valence-corrected chi connectivity index (χ3v) is 3.47. The van der Waals surface area contributed by atoms with Gasteiger partial charge in [0.2, 0.25) is 0 Å². The zero-order chi connectivity index (χ0) is 16.5. The van der Waals surface area contributed by atoms with Crippen molar-refractivity contribution >= 4 is 17.7 Å². The van der Waals surface area contributed by atoms with Crippen molar-refractivity contribution in [2.75, 3.05) is 18.9 Å². The Morgan fingerprint density at radius 2 is 2.18 bits per heavy atom. The quantitative estimate of drug-likeness (QED) is 0.681. The third kappa shape index (κ3) is 2.98. The van der Waals surface area contributed by atoms with Crippen LogP contribution in [0.5, 0.6) is 0 Å². The molecule has 1 heterocycles. The standard InChI is InChI=1S/C15H19FN2O4/c1-4-21-12(19)8-18-13(15(2,3)22-14(18)20)10-7-9(17)5-6-11(10)16/h5-7,13H,4,8,17H2,1-3H3. The van der Waals surface area contributed by atoms with E-state index in [4.69, 9.17) is 15.2 Å². The van der Waals surface area contributed by atoms with Crippen LogP contribution in [0.2, 0.25) is 0 Å². The Morgan fingerprint density at radius 3 is 2.82 bits per heavy atom. The van der Waals surface area contributed by atoms with Crippen molar-refractivity contribution in [1.82, 2.24) is 4.90 Å². The zero-order valence-electron chi connectivity index (χ0n) is 12.8. The van der Waals surface area contributed by atoms with Gasteiger partial charge in [0.05, 0.1) is 6.61 Å². The number of carbonyl (C=O) groups is 2. The van der Waals surface area contributed by atoms with Gasteiger partial charge in [-0.3, -0.25) is 9.69 Å². The van der Waals surface area contributed by atoms with Gasteiger partial charge in [-0.25, -0.2) is 9.18 Å². The summed E-state index contributed by atoms with van der Waals surface area (Å²) in [6, 6.07) is 3.33. The monoisotopic (exact) mass is 310 g/mol. The number of benzene rings is 1. The third-order valence-electron chi connectivity index (χ3n) is 3.47. The van der Waals surface area contributed by atoms with E-state index in [-0.39, 0.29) is 18.7 Å². The van der Waals surface area contributed by atoms with Crippen molar-refractivity contribution in [2.45, 2.75) is 32.4 Å². The predicted molar refractivity (Wildman–Crippen MR) is 77.5 cm³/mol. The predicted octanol–water partition coefficient (Wildman–Crippen LogP) is 2.24. The first kappa shape index (κ1) is 16.1. The first-order valence-electron chi connectivity index (χ1n) is 6.96. The molecule has 1 atom stereocenters. The first-order chi connectivity index (χ1) is 10.3. The molecular formula is C15H19FN2O4. The first-order valence-corrected chi connectivity index (χ1v) is 6.96. The van der Waals surface area contributed by atoms with Crippen LogP contribution in [0.3, 0.4) is 0 Å². The van der Waals surface area contributed by atoms with Crippen LogP contribution in [0, 0.1) is 5.82 Å². The molecule has 1 aliphatic rings. The molecule has 22 heavy (non-hydrogen) atoms. The summed E-state index contributed by atoms with van der Waals surface area (Å²) in [5.74, 6) is -1.09. The molecule has 2 N–H and O–H groups in total. The Kier molecular flexibility index (Phi) is 4.25. The van der Waals surface area contributed by atoms with Crippen molar-refractivity contribution < 1.29 is 23.5 Å². The lowest BCUT2D eigenvalue weighted by Gasteiger charge is -2.29. The molecule has 1 saturated heterocycles. The zero-order valence-corrected chi connectivity index (χ0v) is 12.8. The average molecular weight is 310 g/mol. The molecule has 6 nitrogen and oxygen atoms in total. The minimum Gasteiger partial charge on any atom is -0.465 e. The second-order valence-electron chi connectivity index (χ2n) is 5.59. The van der Waals surface area contributed by atoms with Gasteiger partial charge >= 0.3 is 12.1 Å². The summed E-state index contributed by atoms with van der Waals surface area (Å²) in [6.45, 7) is 4.86. The SMILES string of the molecule is CCOC(=O)CN1C(=O)OC(C)(C)C1c1cc(N)ccc1F. The summed E-state index contributed by atoms with van der Waals surface area (Å²) in [7, 11) is 0. The highest BCUT2D eigenvalue weighted by Crippen LogP contribution is 2.42. The summed E-state index contributed by atoms with van der Waals surface area (Å²) in [4.78, 5) is 24.9. The molecule has 0 aliphatic carbocycles. The number of carbonyl (C=O) groups excluding carboxylic acids is 2. The molecule has 1 aromatic rings. The molecule has 1 fully saturated rings. The Balaban J connectivity index is 2.40. The van der Waals surface area contributed by atoms with Gasteiger partial charge in [0.15, 0.2) is 0 Å². The van der Waals surface area contributed by atoms with Gasteiger partial charge in [0.25, 0.3) is 0 Å². The summed E-state index contributed by atoms with van der Waals surface area (Å²) in [5.41, 5.74) is 5.28. The molecule has 0 spiro atoms. The number of ether oxygens (including phenoxy) is 2. The van der Waals surface area contributed by atoms with E-state index in [9.17, 15) is 14.0 Å². The second-order valence-corrected chi connectivity index (χ2v) is 5.59. The smallest absolute Gasteiger partial charge is 0.411 e. The van der Waals surface area contributed by atoms with E-state index in [0.717, 1.165) is 4.90 Å². The second kappa shape index (κ2) is 5.82. The maximum Gasteiger partial charge on any atom is 0.411 e. The van der Waals surface area contributed by atoms with Crippen LogP contribution >= 0.6 is 0 Å². The van der Waals surface area contributed by atoms with Crippen LogP contribution in [0.1, 0.15) is 32.4 Å². The van der Waals surface area contributed by atoms with Crippen molar-refractivity contribution in [1.29, 1.82) is 0 Å². The summed E-state index contributed by atoms with van der Waals surface area (Å²) >= 11 is 0. The van der Waals surface area contributed by atoms with Gasteiger partial charge in [0, 0.05) is 11.3 Å². The van der Waals surface area contributed by atoms with Crippen LogP contribution in [-0.4, -0.2) is 35.7 Å². The number of halogens is 1. The number of amides is 1. The van der Waals surface area contributed by atoms with Gasteiger partial charge in [0.1, 0.15) is 24.0 Å². The molecule has 0 radical (unpaired) electrons. The van der Waals surface area contributed by atoms with Gasteiger partial charge < -0.3 is 15.2 Å². The number of hydrogen-bond donors (Lipinski definition) is 1. The molecule has 1 unspecified atom stereocenters. The van der Waals surface area contributed by atoms with Crippen LogP contribution in [0.4, 0.5) is 14.9 Å². The Bertz CT molecular complexity index is 603. The number of nitrogens with zero attached hydrogens (tertiary/aromatic N) is 1. The van der Waals surface area contributed by atoms with Crippen LogP contribution < -0.4 is 5.73 Å². The van der Waals surface area contributed by atoms with E-state index in [1.807, 2.05) is 0 Å². The molecule has 0 bridgehead atoms. The number of nitrogens with two attached hydrogens (primary N) is 1. The molecule has 1 aliphatic heterocycles. The molecule has 0 aromatic heterocycles. The van der Waals surface area contributed by atoms with Crippen molar-refractivity contribution in [3.8, 4) is 0 Å². The molecular weight excluding hydrogens is 291 g/mol. The lowest BCUT2D eigenvalue weighted by molar-refractivity contribution is -0.144. The van der Waals surface area contributed by atoms with E-state index in [1.165, 1.54) is 18.2 Å². The lowest BCUT2D eigenvalue weighted by atomic mass is 9.91. The average Bonchev–Trinajstić information content (AvgIpc) is 2.62. The van der Waals surface area contributed by atoms with Gasteiger partial charge in [-0.15, -0.1) is 0 Å². The molecule has 2 rings (SSSR count). The fourth-order valence-electron chi connectivity index (χ4n) is 2.64. The van der Waals surface area contributed by atoms with Gasteiger partial charge in [-0.1, -0.05) is 0 Å². The maximum absolute atomic E-state index is 14.2. The summed E-state index contributed by atoms with van der Waals surface area (Å²) < 4.78 is 24.3. The van der Waals surface area contributed by atoms with Crippen molar-refractivity contribution in [3.05, 3.63) is 29.6 Å². The van der Waals surface area contributed by atoms with Crippen LogP contribution in [0.25, 0.3) is 0 Å². The van der Waals surface area contributed by atoms with E-state index >= 15 is 0 Å². The minimum atomic E-state index is -1.00. The molecule has 7 heteroatoms. The molecule has 0 saturated carbocycles. The van der Waals surface area contributed by atoms with E-state index in [0.29, 0.717) is 5.69 Å². The van der Waals surface area contributed by atoms with Crippen molar-refractivity contribution in [2.24, 2.45) is 0 Å². The van der Waals surface area contributed by atoms with Gasteiger partial charge in [-0.2, -0.15) is 0 Å². The topological polar surface area (TPSA) is 81.9 Å². The summed E-state index contributed by atoms with van der Waals surface area (Å²) in [6.07, 6.45) is -0.690. The van der Waals surface area contributed by atoms with Crippen molar-refractivity contribution in [3.63, 3.8) is 0 Å². The molecule has 120 valence electrons. The highest BCUT2D eigenvalue weighted by atomic mass is 19.1. The fraction of sp³-hybridized carbons (Fsp3) is 0.467. The summed E-state index contributed by atoms with van der Waals surface area (Å²) in [5, 5.41) is 0. The number of rotatable bonds is 4. The van der Waals surface area contributed by atoms with Gasteiger partial charge in [-0.05, 0) is 39.0 Å². The highest BCUT2D eigenvalue weighted by molar-refractivity contribution is 5.80. The number of hydrogen-bond acceptors (Lipinski definition) is 5. The van der Waals surface area contributed by atoms with E-state index in [2.05, 4.69) is 0 Å². The normalized spacial score (nSPS) is 19.9. The molecule has 1 aromatic carbocycles. The highest BCUT2D eigenvalue weighted by Gasteiger charge is 2.50. The number of anilines is 1. The Hall–Kier alpha value is -2.31. The number of nitrogen functional groups attached to an aromatic ring is 1. The number of cyclic esters (lactones) is 1. The van der Waals surface area contributed by atoms with E-state index < -0.39 is 29.5 Å². The molecule has 1 amide bonds. The minimum absolute atomic E-state index is 0.197. The largest absolute Gasteiger partial charge is 0.465 e. The maximum atomic E-state index is 14.2. The van der Waals surface area contributed by atoms with Crippen LogP contribution in [0.15, 0.2) is 18.2 Å².